The molecule has 1 N–H and O–H groups in total. The minimum Gasteiger partial charge on any atom is -0.392 e. The Kier molecular flexibility index (Phi) is 3.80. The van der Waals surface area contributed by atoms with Crippen LogP contribution in [-0.4, -0.2) is 16.5 Å². The summed E-state index contributed by atoms with van der Waals surface area (Å²) < 4.78 is 1.12. The molecule has 1 aliphatic rings. The van der Waals surface area contributed by atoms with Crippen LogP contribution in [0.2, 0.25) is 0 Å². The highest BCUT2D eigenvalue weighted by molar-refractivity contribution is 9.10. The number of aliphatic hydroxyl groups excluding tert-OH is 1. The van der Waals surface area contributed by atoms with Gasteiger partial charge in [-0.3, -0.25) is 0 Å². The van der Waals surface area contributed by atoms with Gasteiger partial charge in [-0.1, -0.05) is 18.2 Å². The van der Waals surface area contributed by atoms with Crippen LogP contribution in [0, 0.1) is 0 Å². The summed E-state index contributed by atoms with van der Waals surface area (Å²) in [5.41, 5.74) is 1.37. The molecule has 2 unspecified atom stereocenters. The third-order valence-corrected chi connectivity index (χ3v) is 6.57. The van der Waals surface area contributed by atoms with E-state index in [0.29, 0.717) is 0 Å². The summed E-state index contributed by atoms with van der Waals surface area (Å²) >= 11 is 7.04. The molecule has 0 fully saturated rings. The standard InChI is InChI=1S/C14H13BrOS2/c15-10-5-6-17-13(10)8-11(16)14-7-9-3-1-2-4-12(9)18-14/h1-6,11,14,16H,7-8H2. The Morgan fingerprint density at radius 3 is 2.89 bits per heavy atom. The van der Waals surface area contributed by atoms with Crippen molar-refractivity contribution in [2.45, 2.75) is 29.1 Å². The molecule has 0 aliphatic carbocycles. The van der Waals surface area contributed by atoms with Crippen LogP contribution in [0.1, 0.15) is 10.4 Å². The van der Waals surface area contributed by atoms with E-state index in [9.17, 15) is 5.11 Å². The third kappa shape index (κ3) is 2.52. The maximum absolute atomic E-state index is 10.4. The molecule has 0 saturated carbocycles. The normalized spacial score (nSPS) is 19.8. The molecule has 94 valence electrons. The molecular formula is C14H13BrOS2. The van der Waals surface area contributed by atoms with E-state index in [1.165, 1.54) is 15.3 Å². The summed E-state index contributed by atoms with van der Waals surface area (Å²) in [7, 11) is 0. The van der Waals surface area contributed by atoms with Crippen LogP contribution in [0.5, 0.6) is 0 Å². The van der Waals surface area contributed by atoms with Crippen LogP contribution >= 0.6 is 39.0 Å². The van der Waals surface area contributed by atoms with E-state index in [0.717, 1.165) is 17.3 Å². The Balaban J connectivity index is 1.69. The van der Waals surface area contributed by atoms with Crippen molar-refractivity contribution < 1.29 is 5.11 Å². The van der Waals surface area contributed by atoms with Gasteiger partial charge in [0, 0.05) is 25.9 Å². The smallest absolute Gasteiger partial charge is 0.0714 e. The van der Waals surface area contributed by atoms with E-state index in [-0.39, 0.29) is 11.4 Å². The van der Waals surface area contributed by atoms with E-state index in [2.05, 4.69) is 45.6 Å². The first-order chi connectivity index (χ1) is 8.74. The zero-order valence-corrected chi connectivity index (χ0v) is 12.9. The lowest BCUT2D eigenvalue weighted by molar-refractivity contribution is 0.173. The van der Waals surface area contributed by atoms with E-state index in [1.54, 1.807) is 11.3 Å². The molecule has 1 aliphatic heterocycles. The number of hydrogen-bond acceptors (Lipinski definition) is 3. The van der Waals surface area contributed by atoms with Crippen molar-refractivity contribution in [2.75, 3.05) is 0 Å². The zero-order valence-electron chi connectivity index (χ0n) is 9.67. The largest absolute Gasteiger partial charge is 0.392 e. The predicted molar refractivity (Wildman–Crippen MR) is 81.5 cm³/mol. The van der Waals surface area contributed by atoms with Gasteiger partial charge < -0.3 is 5.11 Å². The Hall–Kier alpha value is -0.290. The number of hydrogen-bond donors (Lipinski definition) is 1. The van der Waals surface area contributed by atoms with Crippen molar-refractivity contribution in [1.29, 1.82) is 0 Å². The van der Waals surface area contributed by atoms with E-state index in [1.807, 2.05) is 17.8 Å². The molecule has 0 spiro atoms. The Morgan fingerprint density at radius 2 is 2.17 bits per heavy atom. The molecule has 2 atom stereocenters. The maximum Gasteiger partial charge on any atom is 0.0714 e. The highest BCUT2D eigenvalue weighted by Gasteiger charge is 2.28. The first kappa shape index (κ1) is 12.7. The number of aliphatic hydroxyl groups is 1. The summed E-state index contributed by atoms with van der Waals surface area (Å²) in [5, 5.41) is 12.7. The van der Waals surface area contributed by atoms with Gasteiger partial charge in [-0.2, -0.15) is 0 Å². The van der Waals surface area contributed by atoms with Crippen molar-refractivity contribution in [1.82, 2.24) is 0 Å². The van der Waals surface area contributed by atoms with Gasteiger partial charge in [-0.25, -0.2) is 0 Å². The molecule has 0 bridgehead atoms. The van der Waals surface area contributed by atoms with Crippen LogP contribution in [0.3, 0.4) is 0 Å². The van der Waals surface area contributed by atoms with Crippen molar-refractivity contribution in [2.24, 2.45) is 0 Å². The number of fused-ring (bicyclic) bond motifs is 1. The van der Waals surface area contributed by atoms with Crippen molar-refractivity contribution in [3.63, 3.8) is 0 Å². The average molecular weight is 341 g/mol. The maximum atomic E-state index is 10.4. The topological polar surface area (TPSA) is 20.2 Å². The molecule has 0 saturated heterocycles. The van der Waals surface area contributed by atoms with Crippen LogP contribution in [-0.2, 0) is 12.8 Å². The fourth-order valence-corrected chi connectivity index (χ4v) is 5.08. The highest BCUT2D eigenvalue weighted by atomic mass is 79.9. The van der Waals surface area contributed by atoms with Gasteiger partial charge in [-0.15, -0.1) is 23.1 Å². The van der Waals surface area contributed by atoms with Crippen molar-refractivity contribution >= 4 is 39.0 Å². The highest BCUT2D eigenvalue weighted by Crippen LogP contribution is 2.39. The molecule has 1 aromatic heterocycles. The first-order valence-corrected chi connectivity index (χ1v) is 8.44. The number of halogens is 1. The fourth-order valence-electron chi connectivity index (χ4n) is 2.22. The number of thiophene rings is 1. The SMILES string of the molecule is OC(Cc1sccc1Br)C1Cc2ccccc2S1. The van der Waals surface area contributed by atoms with Gasteiger partial charge in [0.25, 0.3) is 0 Å². The van der Waals surface area contributed by atoms with Crippen molar-refractivity contribution in [3.8, 4) is 0 Å². The number of benzene rings is 1. The second-order valence-electron chi connectivity index (χ2n) is 4.43. The molecule has 0 radical (unpaired) electrons. The van der Waals surface area contributed by atoms with Crippen LogP contribution in [0.25, 0.3) is 0 Å². The van der Waals surface area contributed by atoms with E-state index < -0.39 is 0 Å². The second-order valence-corrected chi connectivity index (χ2v) is 7.57. The molecule has 1 nitrogen and oxygen atoms in total. The molecule has 4 heteroatoms. The molecule has 18 heavy (non-hydrogen) atoms. The van der Waals surface area contributed by atoms with Crippen LogP contribution in [0.15, 0.2) is 45.1 Å². The summed E-state index contributed by atoms with van der Waals surface area (Å²) in [5.74, 6) is 0. The van der Waals surface area contributed by atoms with Gasteiger partial charge in [0.15, 0.2) is 0 Å². The minimum atomic E-state index is -0.280. The number of rotatable bonds is 3. The van der Waals surface area contributed by atoms with Crippen molar-refractivity contribution in [3.05, 3.63) is 50.6 Å². The second kappa shape index (κ2) is 5.37. The molecule has 2 heterocycles. The zero-order chi connectivity index (χ0) is 12.5. The Bertz CT molecular complexity index is 527. The summed E-state index contributed by atoms with van der Waals surface area (Å²) in [4.78, 5) is 2.56. The van der Waals surface area contributed by atoms with Crippen LogP contribution < -0.4 is 0 Å². The van der Waals surface area contributed by atoms with Gasteiger partial charge in [0.1, 0.15) is 0 Å². The predicted octanol–water partition coefficient (Wildman–Crippen LogP) is 4.13. The molecule has 3 rings (SSSR count). The third-order valence-electron chi connectivity index (χ3n) is 3.19. The summed E-state index contributed by atoms with van der Waals surface area (Å²) in [6.45, 7) is 0. The van der Waals surface area contributed by atoms with Gasteiger partial charge in [-0.05, 0) is 45.4 Å². The van der Waals surface area contributed by atoms with E-state index >= 15 is 0 Å². The van der Waals surface area contributed by atoms with Gasteiger partial charge in [0.2, 0.25) is 0 Å². The quantitative estimate of drug-likeness (QED) is 0.906. The van der Waals surface area contributed by atoms with Gasteiger partial charge in [0.05, 0.1) is 6.10 Å². The van der Waals surface area contributed by atoms with Crippen LogP contribution in [0.4, 0.5) is 0 Å². The average Bonchev–Trinajstić information content (AvgIpc) is 2.96. The Labute approximate surface area is 123 Å². The summed E-state index contributed by atoms with van der Waals surface area (Å²) in [6.07, 6.45) is 1.44. The minimum absolute atomic E-state index is 0.280. The monoisotopic (exact) mass is 340 g/mol. The molecule has 0 amide bonds. The molecular weight excluding hydrogens is 328 g/mol. The lowest BCUT2D eigenvalue weighted by Gasteiger charge is -2.16. The molecule has 2 aromatic rings. The lowest BCUT2D eigenvalue weighted by atomic mass is 10.0. The lowest BCUT2D eigenvalue weighted by Crippen LogP contribution is -2.24. The fraction of sp³-hybridized carbons (Fsp3) is 0.286. The Morgan fingerprint density at radius 1 is 1.33 bits per heavy atom. The first-order valence-electron chi connectivity index (χ1n) is 5.88. The van der Waals surface area contributed by atoms with E-state index in [4.69, 9.17) is 0 Å². The number of thioether (sulfide) groups is 1. The summed E-state index contributed by atoms with van der Waals surface area (Å²) in [6, 6.07) is 10.5. The van der Waals surface area contributed by atoms with Gasteiger partial charge >= 0.3 is 0 Å². The molecule has 1 aromatic carbocycles.